The van der Waals surface area contributed by atoms with Crippen LogP contribution in [0.2, 0.25) is 0 Å². The lowest BCUT2D eigenvalue weighted by Crippen LogP contribution is -2.25. The Balaban J connectivity index is 1.67. The van der Waals surface area contributed by atoms with Gasteiger partial charge in [0.2, 0.25) is 0 Å². The summed E-state index contributed by atoms with van der Waals surface area (Å²) in [5, 5.41) is 11.6. The van der Waals surface area contributed by atoms with Crippen molar-refractivity contribution in [1.82, 2.24) is 4.98 Å². The maximum atomic E-state index is 8.49. The highest BCUT2D eigenvalue weighted by Gasteiger charge is 2.55. The second kappa shape index (κ2) is 3.47. The second-order valence-corrected chi connectivity index (χ2v) is 4.77. The van der Waals surface area contributed by atoms with Gasteiger partial charge in [0.25, 0.3) is 0 Å². The maximum absolute atomic E-state index is 8.49. The van der Waals surface area contributed by atoms with Crippen molar-refractivity contribution in [3.63, 3.8) is 0 Å². The third-order valence-electron chi connectivity index (χ3n) is 3.72. The van der Waals surface area contributed by atoms with Crippen LogP contribution < -0.4 is 4.90 Å². The lowest BCUT2D eigenvalue weighted by molar-refractivity contribution is 0.319. The van der Waals surface area contributed by atoms with Crippen molar-refractivity contribution in [2.45, 2.75) is 6.92 Å². The molecule has 0 radical (unpaired) electrons. The first kappa shape index (κ1) is 9.63. The molecule has 4 nitrogen and oxygen atoms in total. The van der Waals surface area contributed by atoms with Crippen molar-refractivity contribution >= 4 is 12.0 Å². The van der Waals surface area contributed by atoms with Gasteiger partial charge in [0.15, 0.2) is 0 Å². The summed E-state index contributed by atoms with van der Waals surface area (Å²) in [6.45, 7) is 4.13. The molecule has 0 amide bonds. The van der Waals surface area contributed by atoms with Gasteiger partial charge in [0, 0.05) is 31.4 Å². The highest BCUT2D eigenvalue weighted by atomic mass is 16.4. The Bertz CT molecular complexity index is 403. The van der Waals surface area contributed by atoms with E-state index in [0.29, 0.717) is 17.8 Å². The number of hydrogen-bond acceptors (Lipinski definition) is 4. The van der Waals surface area contributed by atoms with Gasteiger partial charge in [-0.15, -0.1) is 5.16 Å². The summed E-state index contributed by atoms with van der Waals surface area (Å²) < 4.78 is 0. The first-order valence-corrected chi connectivity index (χ1v) is 5.65. The summed E-state index contributed by atoms with van der Waals surface area (Å²) in [5.74, 6) is 2.89. The smallest absolute Gasteiger partial charge is 0.128 e. The number of hydrogen-bond donors (Lipinski definition) is 1. The first-order valence-electron chi connectivity index (χ1n) is 5.65. The lowest BCUT2D eigenvalue weighted by atomic mass is 10.2. The van der Waals surface area contributed by atoms with E-state index in [9.17, 15) is 0 Å². The van der Waals surface area contributed by atoms with Crippen molar-refractivity contribution in [3.8, 4) is 0 Å². The Morgan fingerprint density at radius 2 is 2.19 bits per heavy atom. The van der Waals surface area contributed by atoms with E-state index in [-0.39, 0.29) is 0 Å². The molecular formula is C12H15N3O. The molecule has 1 aliphatic carbocycles. The van der Waals surface area contributed by atoms with Crippen LogP contribution in [0.3, 0.4) is 0 Å². The molecular weight excluding hydrogens is 202 g/mol. The fraction of sp³-hybridized carbons (Fsp3) is 0.500. The highest BCUT2D eigenvalue weighted by Crippen LogP contribution is 2.51. The zero-order valence-corrected chi connectivity index (χ0v) is 9.24. The normalized spacial score (nSPS) is 32.1. The van der Waals surface area contributed by atoms with E-state index in [0.717, 1.165) is 18.9 Å². The number of anilines is 1. The van der Waals surface area contributed by atoms with Gasteiger partial charge >= 0.3 is 0 Å². The van der Waals surface area contributed by atoms with Gasteiger partial charge in [0.1, 0.15) is 5.82 Å². The topological polar surface area (TPSA) is 48.7 Å². The fourth-order valence-electron chi connectivity index (χ4n) is 2.70. The van der Waals surface area contributed by atoms with E-state index in [4.69, 9.17) is 5.21 Å². The number of oxime groups is 1. The predicted octanol–water partition coefficient (Wildman–Crippen LogP) is 1.53. The summed E-state index contributed by atoms with van der Waals surface area (Å²) in [5.41, 5.74) is 1.19. The molecule has 2 fully saturated rings. The molecule has 2 heterocycles. The average molecular weight is 217 g/mol. The van der Waals surface area contributed by atoms with E-state index in [1.54, 1.807) is 6.21 Å². The van der Waals surface area contributed by atoms with Gasteiger partial charge in [-0.25, -0.2) is 4.98 Å². The Morgan fingerprint density at radius 3 is 2.75 bits per heavy atom. The number of aromatic nitrogens is 1. The van der Waals surface area contributed by atoms with Gasteiger partial charge in [-0.05, 0) is 30.4 Å². The predicted molar refractivity (Wildman–Crippen MR) is 61.9 cm³/mol. The Kier molecular flexibility index (Phi) is 2.09. The maximum Gasteiger partial charge on any atom is 0.128 e. The van der Waals surface area contributed by atoms with Crippen LogP contribution in [0.5, 0.6) is 0 Å². The average Bonchev–Trinajstić information content (AvgIpc) is 2.76. The minimum Gasteiger partial charge on any atom is -0.411 e. The van der Waals surface area contributed by atoms with Crippen LogP contribution in [0.15, 0.2) is 23.5 Å². The number of aryl methyl sites for hydroxylation is 1. The largest absolute Gasteiger partial charge is 0.411 e. The third kappa shape index (κ3) is 1.45. The molecule has 16 heavy (non-hydrogen) atoms. The fourth-order valence-corrected chi connectivity index (χ4v) is 2.70. The summed E-state index contributed by atoms with van der Waals surface area (Å²) in [4.78, 5) is 6.75. The van der Waals surface area contributed by atoms with E-state index < -0.39 is 0 Å². The second-order valence-electron chi connectivity index (χ2n) is 4.77. The van der Waals surface area contributed by atoms with Crippen LogP contribution in [-0.4, -0.2) is 29.5 Å². The third-order valence-corrected chi connectivity index (χ3v) is 3.72. The number of pyridine rings is 1. The van der Waals surface area contributed by atoms with Crippen LogP contribution in [0, 0.1) is 24.7 Å². The van der Waals surface area contributed by atoms with E-state index in [1.807, 2.05) is 13.1 Å². The molecule has 0 aromatic carbocycles. The SMILES string of the molecule is Cc1ccc(N2C[C@@H]3[C@@H](/C=N/O)[C@@H]3C2)nc1. The molecule has 1 saturated carbocycles. The van der Waals surface area contributed by atoms with Crippen molar-refractivity contribution in [2.24, 2.45) is 22.9 Å². The van der Waals surface area contributed by atoms with Gasteiger partial charge in [-0.1, -0.05) is 6.07 Å². The number of fused-ring (bicyclic) bond motifs is 1. The number of piperidine rings is 1. The van der Waals surface area contributed by atoms with Crippen molar-refractivity contribution in [3.05, 3.63) is 23.9 Å². The molecule has 3 rings (SSSR count). The molecule has 1 N–H and O–H groups in total. The Hall–Kier alpha value is -1.58. The van der Waals surface area contributed by atoms with Crippen LogP contribution in [0.1, 0.15) is 5.56 Å². The zero-order chi connectivity index (χ0) is 11.1. The van der Waals surface area contributed by atoms with Crippen molar-refractivity contribution in [2.75, 3.05) is 18.0 Å². The standard InChI is InChI=1S/C12H15N3O/c1-8-2-3-12(13-4-8)15-6-10-9(5-14-16)11(10)7-15/h2-5,9-11,16H,6-7H2,1H3/b14-5+/t9-,10-,11+. The van der Waals surface area contributed by atoms with E-state index in [1.165, 1.54) is 5.56 Å². The first-order chi connectivity index (χ1) is 7.79. The molecule has 1 aliphatic heterocycles. The van der Waals surface area contributed by atoms with Crippen LogP contribution in [0.4, 0.5) is 5.82 Å². The Morgan fingerprint density at radius 1 is 1.44 bits per heavy atom. The van der Waals surface area contributed by atoms with Crippen LogP contribution in [0.25, 0.3) is 0 Å². The molecule has 1 saturated heterocycles. The monoisotopic (exact) mass is 217 g/mol. The minimum atomic E-state index is 0.492. The van der Waals surface area contributed by atoms with Crippen LogP contribution >= 0.6 is 0 Å². The Labute approximate surface area is 94.6 Å². The number of rotatable bonds is 2. The van der Waals surface area contributed by atoms with E-state index >= 15 is 0 Å². The van der Waals surface area contributed by atoms with Gasteiger partial charge in [0.05, 0.1) is 0 Å². The van der Waals surface area contributed by atoms with Crippen LogP contribution in [-0.2, 0) is 0 Å². The highest BCUT2D eigenvalue weighted by molar-refractivity contribution is 5.67. The molecule has 84 valence electrons. The van der Waals surface area contributed by atoms with Crippen molar-refractivity contribution in [1.29, 1.82) is 0 Å². The van der Waals surface area contributed by atoms with Gasteiger partial charge in [-0.2, -0.15) is 0 Å². The number of nitrogens with zero attached hydrogens (tertiary/aromatic N) is 3. The molecule has 1 aromatic heterocycles. The zero-order valence-electron chi connectivity index (χ0n) is 9.24. The summed E-state index contributed by atoms with van der Waals surface area (Å²) >= 11 is 0. The molecule has 0 spiro atoms. The summed E-state index contributed by atoms with van der Waals surface area (Å²) in [7, 11) is 0. The lowest BCUT2D eigenvalue weighted by Gasteiger charge is -2.19. The molecule has 0 unspecified atom stereocenters. The van der Waals surface area contributed by atoms with Gasteiger partial charge in [-0.3, -0.25) is 0 Å². The molecule has 0 bridgehead atoms. The molecule has 4 heteroatoms. The minimum absolute atomic E-state index is 0.492. The van der Waals surface area contributed by atoms with E-state index in [2.05, 4.69) is 27.2 Å². The summed E-state index contributed by atoms with van der Waals surface area (Å²) in [6.07, 6.45) is 3.58. The molecule has 1 aromatic rings. The molecule has 3 atom stereocenters. The van der Waals surface area contributed by atoms with Crippen molar-refractivity contribution < 1.29 is 5.21 Å². The summed E-state index contributed by atoms with van der Waals surface area (Å²) in [6, 6.07) is 4.17. The quantitative estimate of drug-likeness (QED) is 0.464. The van der Waals surface area contributed by atoms with Gasteiger partial charge < -0.3 is 10.1 Å². The molecule has 2 aliphatic rings.